The summed E-state index contributed by atoms with van der Waals surface area (Å²) in [5, 5.41) is 3.82. The Bertz CT molecular complexity index is 714. The number of aromatic nitrogens is 1. The molecule has 0 bridgehead atoms. The first kappa shape index (κ1) is 15.3. The van der Waals surface area contributed by atoms with Gasteiger partial charge in [0.05, 0.1) is 12.1 Å². The van der Waals surface area contributed by atoms with Gasteiger partial charge >= 0.3 is 5.97 Å². The number of esters is 1. The van der Waals surface area contributed by atoms with Crippen LogP contribution in [-0.4, -0.2) is 23.6 Å². The summed E-state index contributed by atoms with van der Waals surface area (Å²) in [7, 11) is 0. The van der Waals surface area contributed by atoms with E-state index in [0.717, 1.165) is 24.2 Å². The Morgan fingerprint density at radius 2 is 2.04 bits per heavy atom. The molecule has 0 unspecified atom stereocenters. The number of carbonyl (C=O) groups is 2. The highest BCUT2D eigenvalue weighted by Gasteiger charge is 2.21. The molecule has 120 valence electrons. The van der Waals surface area contributed by atoms with Gasteiger partial charge in [0.2, 0.25) is 5.91 Å². The maximum absolute atomic E-state index is 12.0. The molecular formula is C17H18N2O4. The predicted octanol–water partition coefficient (Wildman–Crippen LogP) is 2.57. The summed E-state index contributed by atoms with van der Waals surface area (Å²) < 4.78 is 10.4. The molecule has 3 rings (SSSR count). The van der Waals surface area contributed by atoms with Gasteiger partial charge in [0, 0.05) is 24.2 Å². The Labute approximate surface area is 134 Å². The van der Waals surface area contributed by atoms with E-state index in [1.807, 2.05) is 0 Å². The Kier molecular flexibility index (Phi) is 4.14. The maximum Gasteiger partial charge on any atom is 0.315 e. The molecule has 1 aliphatic rings. The Balaban J connectivity index is 1.64. The van der Waals surface area contributed by atoms with Gasteiger partial charge in [-0.25, -0.2) is 0 Å². The molecule has 2 aromatic rings. The van der Waals surface area contributed by atoms with Crippen molar-refractivity contribution in [1.82, 2.24) is 5.16 Å². The molecule has 0 spiro atoms. The van der Waals surface area contributed by atoms with Crippen LogP contribution in [0.25, 0.3) is 0 Å². The standard InChI is InChI=1S/C17H18N2O4/c1-11-15(12(2)23-18-11)10-17(21)22-14-7-5-13(6-8-14)19-9-3-4-16(19)20/h5-8H,3-4,9-10H2,1-2H3. The monoisotopic (exact) mass is 314 g/mol. The first-order valence-corrected chi connectivity index (χ1v) is 7.57. The lowest BCUT2D eigenvalue weighted by molar-refractivity contribution is -0.133. The second-order valence-electron chi connectivity index (χ2n) is 5.60. The molecule has 0 atom stereocenters. The molecule has 2 heterocycles. The van der Waals surface area contributed by atoms with Crippen molar-refractivity contribution in [3.8, 4) is 5.75 Å². The van der Waals surface area contributed by atoms with Crippen LogP contribution >= 0.6 is 0 Å². The van der Waals surface area contributed by atoms with Crippen LogP contribution in [0.15, 0.2) is 28.8 Å². The summed E-state index contributed by atoms with van der Waals surface area (Å²) in [5.41, 5.74) is 2.29. The molecule has 23 heavy (non-hydrogen) atoms. The van der Waals surface area contributed by atoms with E-state index in [4.69, 9.17) is 9.26 Å². The fraction of sp³-hybridized carbons (Fsp3) is 0.353. The topological polar surface area (TPSA) is 72.6 Å². The van der Waals surface area contributed by atoms with Crippen LogP contribution in [-0.2, 0) is 16.0 Å². The highest BCUT2D eigenvalue weighted by Crippen LogP contribution is 2.24. The third-order valence-electron chi connectivity index (χ3n) is 3.96. The quantitative estimate of drug-likeness (QED) is 0.640. The number of nitrogens with zero attached hydrogens (tertiary/aromatic N) is 2. The lowest BCUT2D eigenvalue weighted by Gasteiger charge is -2.15. The highest BCUT2D eigenvalue weighted by atomic mass is 16.5. The molecule has 1 amide bonds. The van der Waals surface area contributed by atoms with Crippen LogP contribution in [0, 0.1) is 13.8 Å². The van der Waals surface area contributed by atoms with Gasteiger partial charge in [-0.2, -0.15) is 0 Å². The Morgan fingerprint density at radius 3 is 2.61 bits per heavy atom. The lowest BCUT2D eigenvalue weighted by atomic mass is 10.1. The predicted molar refractivity (Wildman–Crippen MR) is 83.3 cm³/mol. The third-order valence-corrected chi connectivity index (χ3v) is 3.96. The van der Waals surface area contributed by atoms with Crippen molar-refractivity contribution in [3.05, 3.63) is 41.3 Å². The van der Waals surface area contributed by atoms with Crippen LogP contribution in [0.1, 0.15) is 29.9 Å². The molecule has 6 nitrogen and oxygen atoms in total. The smallest absolute Gasteiger partial charge is 0.315 e. The molecule has 0 radical (unpaired) electrons. The SMILES string of the molecule is Cc1noc(C)c1CC(=O)Oc1ccc(N2CCCC2=O)cc1. The van der Waals surface area contributed by atoms with Crippen LogP contribution < -0.4 is 9.64 Å². The minimum atomic E-state index is -0.371. The van der Waals surface area contributed by atoms with Gasteiger partial charge < -0.3 is 14.2 Å². The van der Waals surface area contributed by atoms with Crippen LogP contribution in [0.3, 0.4) is 0 Å². The van der Waals surface area contributed by atoms with Gasteiger partial charge in [-0.3, -0.25) is 9.59 Å². The van der Waals surface area contributed by atoms with Gasteiger partial charge in [0.1, 0.15) is 11.5 Å². The lowest BCUT2D eigenvalue weighted by Crippen LogP contribution is -2.23. The highest BCUT2D eigenvalue weighted by molar-refractivity contribution is 5.95. The number of ether oxygens (including phenoxy) is 1. The van der Waals surface area contributed by atoms with Crippen LogP contribution in [0.4, 0.5) is 5.69 Å². The van der Waals surface area contributed by atoms with Crippen molar-refractivity contribution in [2.24, 2.45) is 0 Å². The van der Waals surface area contributed by atoms with Gasteiger partial charge in [0.15, 0.2) is 0 Å². The largest absolute Gasteiger partial charge is 0.426 e. The number of amides is 1. The summed E-state index contributed by atoms with van der Waals surface area (Å²) in [6, 6.07) is 6.99. The maximum atomic E-state index is 12.0. The van der Waals surface area contributed by atoms with E-state index in [9.17, 15) is 9.59 Å². The van der Waals surface area contributed by atoms with Crippen molar-refractivity contribution < 1.29 is 18.8 Å². The van der Waals surface area contributed by atoms with Crippen molar-refractivity contribution >= 4 is 17.6 Å². The molecule has 0 N–H and O–H groups in total. The van der Waals surface area contributed by atoms with E-state index in [1.165, 1.54) is 0 Å². The summed E-state index contributed by atoms with van der Waals surface area (Å²) >= 11 is 0. The van der Waals surface area contributed by atoms with Gasteiger partial charge in [0.25, 0.3) is 0 Å². The molecule has 0 aliphatic carbocycles. The molecule has 1 aromatic carbocycles. The number of benzene rings is 1. The molecule has 6 heteroatoms. The van der Waals surface area contributed by atoms with Gasteiger partial charge in [-0.1, -0.05) is 5.16 Å². The molecular weight excluding hydrogens is 296 g/mol. The zero-order valence-electron chi connectivity index (χ0n) is 13.2. The molecule has 1 aliphatic heterocycles. The van der Waals surface area contributed by atoms with Crippen molar-refractivity contribution in [2.75, 3.05) is 11.4 Å². The van der Waals surface area contributed by atoms with E-state index in [0.29, 0.717) is 23.6 Å². The van der Waals surface area contributed by atoms with Crippen molar-refractivity contribution in [2.45, 2.75) is 33.1 Å². The number of rotatable bonds is 4. The number of aryl methyl sites for hydroxylation is 2. The number of hydrogen-bond acceptors (Lipinski definition) is 5. The van der Waals surface area contributed by atoms with Gasteiger partial charge in [-0.05, 0) is 44.5 Å². The Hall–Kier alpha value is -2.63. The van der Waals surface area contributed by atoms with Crippen LogP contribution in [0.5, 0.6) is 5.75 Å². The summed E-state index contributed by atoms with van der Waals surface area (Å²) in [6.07, 6.45) is 1.59. The zero-order chi connectivity index (χ0) is 16.4. The average molecular weight is 314 g/mol. The number of anilines is 1. The summed E-state index contributed by atoms with van der Waals surface area (Å²) in [4.78, 5) is 25.5. The second kappa shape index (κ2) is 6.24. The number of carbonyl (C=O) groups excluding carboxylic acids is 2. The fourth-order valence-corrected chi connectivity index (χ4v) is 2.68. The molecule has 0 saturated carbocycles. The minimum Gasteiger partial charge on any atom is -0.426 e. The van der Waals surface area contributed by atoms with E-state index < -0.39 is 0 Å². The zero-order valence-corrected chi connectivity index (χ0v) is 13.2. The molecule has 1 saturated heterocycles. The third kappa shape index (κ3) is 3.26. The molecule has 1 aromatic heterocycles. The molecule has 1 fully saturated rings. The van der Waals surface area contributed by atoms with E-state index in [-0.39, 0.29) is 18.3 Å². The van der Waals surface area contributed by atoms with E-state index in [1.54, 1.807) is 43.0 Å². The first-order valence-electron chi connectivity index (χ1n) is 7.57. The van der Waals surface area contributed by atoms with E-state index >= 15 is 0 Å². The second-order valence-corrected chi connectivity index (χ2v) is 5.60. The Morgan fingerprint density at radius 1 is 1.30 bits per heavy atom. The fourth-order valence-electron chi connectivity index (χ4n) is 2.68. The van der Waals surface area contributed by atoms with E-state index in [2.05, 4.69) is 5.16 Å². The average Bonchev–Trinajstić information content (AvgIpc) is 3.09. The normalized spacial score (nSPS) is 14.3. The van der Waals surface area contributed by atoms with Crippen molar-refractivity contribution in [3.63, 3.8) is 0 Å². The van der Waals surface area contributed by atoms with Crippen molar-refractivity contribution in [1.29, 1.82) is 0 Å². The summed E-state index contributed by atoms with van der Waals surface area (Å²) in [6.45, 7) is 4.30. The van der Waals surface area contributed by atoms with Crippen LogP contribution in [0.2, 0.25) is 0 Å². The summed E-state index contributed by atoms with van der Waals surface area (Å²) in [5.74, 6) is 0.844. The minimum absolute atomic E-state index is 0.119. The first-order chi connectivity index (χ1) is 11.0. The number of hydrogen-bond donors (Lipinski definition) is 0. The van der Waals surface area contributed by atoms with Gasteiger partial charge in [-0.15, -0.1) is 0 Å².